The number of ether oxygens (including phenoxy) is 1. The number of methoxy groups -OCH3 is 1. The molecule has 0 aromatic carbocycles. The van der Waals surface area contributed by atoms with Crippen LogP contribution in [-0.2, 0) is 9.53 Å². The van der Waals surface area contributed by atoms with Gasteiger partial charge in [0.25, 0.3) is 0 Å². The van der Waals surface area contributed by atoms with Crippen molar-refractivity contribution in [2.24, 2.45) is 17.6 Å². The second-order valence-electron chi connectivity index (χ2n) is 5.17. The van der Waals surface area contributed by atoms with Gasteiger partial charge in [-0.3, -0.25) is 9.69 Å². The Hall–Kier alpha value is -0.610. The molecule has 2 rings (SSSR count). The van der Waals surface area contributed by atoms with Crippen LogP contribution in [-0.4, -0.2) is 43.7 Å². The number of rotatable bonds is 6. The molecule has 0 aliphatic heterocycles. The van der Waals surface area contributed by atoms with E-state index in [-0.39, 0.29) is 5.91 Å². The molecule has 92 valence electrons. The van der Waals surface area contributed by atoms with E-state index in [1.165, 1.54) is 25.7 Å². The van der Waals surface area contributed by atoms with Crippen molar-refractivity contribution in [1.29, 1.82) is 0 Å². The maximum Gasteiger partial charge on any atom is 0.231 e. The Bertz CT molecular complexity index is 257. The van der Waals surface area contributed by atoms with Gasteiger partial charge < -0.3 is 10.5 Å². The van der Waals surface area contributed by atoms with Gasteiger partial charge in [0, 0.05) is 19.7 Å². The number of carbonyl (C=O) groups excluding carboxylic acids is 1. The van der Waals surface area contributed by atoms with Crippen molar-refractivity contribution < 1.29 is 9.53 Å². The topological polar surface area (TPSA) is 55.6 Å². The highest BCUT2D eigenvalue weighted by Crippen LogP contribution is 2.46. The molecule has 2 aliphatic carbocycles. The van der Waals surface area contributed by atoms with Gasteiger partial charge in [-0.05, 0) is 31.1 Å². The molecular weight excluding hydrogens is 204 g/mol. The Morgan fingerprint density at radius 1 is 1.44 bits per heavy atom. The van der Waals surface area contributed by atoms with Crippen LogP contribution in [0.4, 0.5) is 0 Å². The first-order chi connectivity index (χ1) is 7.70. The lowest BCUT2D eigenvalue weighted by Crippen LogP contribution is -2.45. The van der Waals surface area contributed by atoms with Gasteiger partial charge in [-0.15, -0.1) is 0 Å². The fraction of sp³-hybridized carbons (Fsp3) is 0.917. The van der Waals surface area contributed by atoms with Gasteiger partial charge >= 0.3 is 0 Å². The molecule has 4 nitrogen and oxygen atoms in total. The van der Waals surface area contributed by atoms with Crippen LogP contribution in [0.1, 0.15) is 25.7 Å². The molecule has 0 spiro atoms. The molecule has 0 heterocycles. The smallest absolute Gasteiger partial charge is 0.231 e. The van der Waals surface area contributed by atoms with E-state index in [0.29, 0.717) is 19.2 Å². The zero-order valence-electron chi connectivity index (χ0n) is 10.0. The Morgan fingerprint density at radius 2 is 2.25 bits per heavy atom. The fourth-order valence-electron chi connectivity index (χ4n) is 3.43. The van der Waals surface area contributed by atoms with Crippen LogP contribution in [0.5, 0.6) is 0 Å². The van der Waals surface area contributed by atoms with Crippen molar-refractivity contribution >= 4 is 5.91 Å². The summed E-state index contributed by atoms with van der Waals surface area (Å²) < 4.78 is 5.10. The predicted molar refractivity (Wildman–Crippen MR) is 61.9 cm³/mol. The molecule has 0 radical (unpaired) electrons. The second kappa shape index (κ2) is 5.15. The van der Waals surface area contributed by atoms with Crippen molar-refractivity contribution in [3.63, 3.8) is 0 Å². The summed E-state index contributed by atoms with van der Waals surface area (Å²) in [4.78, 5) is 13.3. The number of nitrogens with zero attached hydrogens (tertiary/aromatic N) is 1. The number of hydrogen-bond donors (Lipinski definition) is 1. The zero-order valence-corrected chi connectivity index (χ0v) is 10.0. The molecule has 2 bridgehead atoms. The van der Waals surface area contributed by atoms with Crippen LogP contribution in [0.15, 0.2) is 0 Å². The van der Waals surface area contributed by atoms with Crippen LogP contribution in [0, 0.1) is 11.8 Å². The van der Waals surface area contributed by atoms with Crippen LogP contribution in [0.3, 0.4) is 0 Å². The summed E-state index contributed by atoms with van der Waals surface area (Å²) in [5.74, 6) is 1.47. The summed E-state index contributed by atoms with van der Waals surface area (Å²) in [7, 11) is 1.70. The lowest BCUT2D eigenvalue weighted by molar-refractivity contribution is -0.120. The van der Waals surface area contributed by atoms with E-state index in [4.69, 9.17) is 10.5 Å². The van der Waals surface area contributed by atoms with E-state index in [9.17, 15) is 4.79 Å². The Balaban J connectivity index is 1.92. The second-order valence-corrected chi connectivity index (χ2v) is 5.17. The Kier molecular flexibility index (Phi) is 3.82. The van der Waals surface area contributed by atoms with E-state index in [1.54, 1.807) is 7.11 Å². The number of nitrogens with two attached hydrogens (primary N) is 1. The molecule has 2 saturated carbocycles. The van der Waals surface area contributed by atoms with Crippen molar-refractivity contribution in [3.05, 3.63) is 0 Å². The van der Waals surface area contributed by atoms with Crippen LogP contribution < -0.4 is 5.73 Å². The summed E-state index contributed by atoms with van der Waals surface area (Å²) in [6.07, 6.45) is 5.32. The number of hydrogen-bond acceptors (Lipinski definition) is 3. The highest BCUT2D eigenvalue weighted by Gasteiger charge is 2.42. The van der Waals surface area contributed by atoms with Gasteiger partial charge in [0.2, 0.25) is 5.91 Å². The van der Waals surface area contributed by atoms with E-state index in [0.717, 1.165) is 18.4 Å². The van der Waals surface area contributed by atoms with E-state index in [1.807, 2.05) is 0 Å². The third-order valence-corrected chi connectivity index (χ3v) is 4.11. The third kappa shape index (κ3) is 2.55. The van der Waals surface area contributed by atoms with Crippen LogP contribution >= 0.6 is 0 Å². The standard InChI is InChI=1S/C12H22N2O2/c1-16-5-4-14(8-12(13)15)11-7-9-2-3-10(11)6-9/h9-11H,2-8H2,1H3,(H2,13,15)/t9-,10-,11-/m0/s1. The maximum absolute atomic E-state index is 11.1. The van der Waals surface area contributed by atoms with E-state index < -0.39 is 0 Å². The highest BCUT2D eigenvalue weighted by atomic mass is 16.5. The zero-order chi connectivity index (χ0) is 11.5. The first-order valence-corrected chi connectivity index (χ1v) is 6.22. The third-order valence-electron chi connectivity index (χ3n) is 4.11. The lowest BCUT2D eigenvalue weighted by atomic mass is 9.94. The summed E-state index contributed by atoms with van der Waals surface area (Å²) in [5.41, 5.74) is 5.31. The van der Waals surface area contributed by atoms with E-state index in [2.05, 4.69) is 4.90 Å². The average molecular weight is 226 g/mol. The normalized spacial score (nSPS) is 32.5. The van der Waals surface area contributed by atoms with Gasteiger partial charge in [0.05, 0.1) is 13.2 Å². The monoisotopic (exact) mass is 226 g/mol. The molecule has 2 N–H and O–H groups in total. The van der Waals surface area contributed by atoms with Crippen molar-refractivity contribution in [2.75, 3.05) is 26.8 Å². The molecular formula is C12H22N2O2. The molecule has 0 saturated heterocycles. The quantitative estimate of drug-likeness (QED) is 0.722. The highest BCUT2D eigenvalue weighted by molar-refractivity contribution is 5.76. The minimum Gasteiger partial charge on any atom is -0.383 e. The summed E-state index contributed by atoms with van der Waals surface area (Å²) >= 11 is 0. The number of primary amides is 1. The molecule has 2 aliphatic rings. The fourth-order valence-corrected chi connectivity index (χ4v) is 3.43. The SMILES string of the molecule is COCCN(CC(N)=O)[C@H]1C[C@H]2CC[C@H]1C2. The number of carbonyl (C=O) groups is 1. The summed E-state index contributed by atoms with van der Waals surface area (Å²) in [5, 5.41) is 0. The number of fused-ring (bicyclic) bond motifs is 2. The molecule has 0 unspecified atom stereocenters. The van der Waals surface area contributed by atoms with Gasteiger partial charge in [-0.2, -0.15) is 0 Å². The Labute approximate surface area is 97.1 Å². The molecule has 1 amide bonds. The van der Waals surface area contributed by atoms with Crippen LogP contribution in [0.25, 0.3) is 0 Å². The van der Waals surface area contributed by atoms with Crippen molar-refractivity contribution in [3.8, 4) is 0 Å². The first-order valence-electron chi connectivity index (χ1n) is 6.22. The molecule has 16 heavy (non-hydrogen) atoms. The van der Waals surface area contributed by atoms with Gasteiger partial charge in [0.15, 0.2) is 0 Å². The minimum absolute atomic E-state index is 0.223. The van der Waals surface area contributed by atoms with E-state index >= 15 is 0 Å². The van der Waals surface area contributed by atoms with Crippen molar-refractivity contribution in [1.82, 2.24) is 4.90 Å². The molecule has 4 heteroatoms. The van der Waals surface area contributed by atoms with Gasteiger partial charge in [0.1, 0.15) is 0 Å². The largest absolute Gasteiger partial charge is 0.383 e. The maximum atomic E-state index is 11.1. The number of amides is 1. The predicted octanol–water partition coefficient (Wildman–Crippen LogP) is 0.609. The minimum atomic E-state index is -0.223. The van der Waals surface area contributed by atoms with Crippen LogP contribution in [0.2, 0.25) is 0 Å². The molecule has 0 aromatic heterocycles. The summed E-state index contributed by atoms with van der Waals surface area (Å²) in [6, 6.07) is 0.571. The molecule has 2 fully saturated rings. The molecule has 0 aromatic rings. The Morgan fingerprint density at radius 3 is 2.75 bits per heavy atom. The first kappa shape index (κ1) is 11.9. The lowest BCUT2D eigenvalue weighted by Gasteiger charge is -2.33. The van der Waals surface area contributed by atoms with Crippen molar-refractivity contribution in [2.45, 2.75) is 31.7 Å². The molecule has 3 atom stereocenters. The van der Waals surface area contributed by atoms with Gasteiger partial charge in [-0.25, -0.2) is 0 Å². The van der Waals surface area contributed by atoms with Gasteiger partial charge in [-0.1, -0.05) is 6.42 Å². The summed E-state index contributed by atoms with van der Waals surface area (Å²) in [6.45, 7) is 1.89. The average Bonchev–Trinajstić information content (AvgIpc) is 2.85.